The zero-order chi connectivity index (χ0) is 30.0. The Hall–Kier alpha value is -5.44. The van der Waals surface area contributed by atoms with Gasteiger partial charge in [0.15, 0.2) is 0 Å². The third-order valence-corrected chi connectivity index (χ3v) is 6.98. The van der Waals surface area contributed by atoms with Crippen molar-refractivity contribution in [1.82, 2.24) is 5.32 Å². The van der Waals surface area contributed by atoms with Gasteiger partial charge in [0.25, 0.3) is 5.91 Å². The second-order valence-corrected chi connectivity index (χ2v) is 9.96. The second kappa shape index (κ2) is 11.6. The zero-order valence-electron chi connectivity index (χ0n) is 23.3. The van der Waals surface area contributed by atoms with Gasteiger partial charge >= 0.3 is 11.9 Å². The number of benzene rings is 4. The van der Waals surface area contributed by atoms with Crippen LogP contribution in [0.15, 0.2) is 88.3 Å². The van der Waals surface area contributed by atoms with Crippen molar-refractivity contribution in [3.63, 3.8) is 0 Å². The number of carboxylic acids is 2. The Morgan fingerprint density at radius 1 is 0.833 bits per heavy atom. The Kier molecular flexibility index (Phi) is 7.75. The molecule has 1 amide bonds. The molecule has 0 atom stereocenters. The molecule has 1 heterocycles. The van der Waals surface area contributed by atoms with E-state index in [0.29, 0.717) is 34.6 Å². The van der Waals surface area contributed by atoms with E-state index in [1.54, 1.807) is 24.3 Å². The molecule has 0 unspecified atom stereocenters. The van der Waals surface area contributed by atoms with E-state index in [9.17, 15) is 19.5 Å². The van der Waals surface area contributed by atoms with E-state index in [2.05, 4.69) is 10.3 Å². The van der Waals surface area contributed by atoms with Crippen LogP contribution in [0.4, 0.5) is 5.69 Å². The lowest BCUT2D eigenvalue weighted by Gasteiger charge is -2.19. The first-order chi connectivity index (χ1) is 20.2. The van der Waals surface area contributed by atoms with Crippen LogP contribution < -0.4 is 15.6 Å². The van der Waals surface area contributed by atoms with Crippen LogP contribution in [-0.4, -0.2) is 48.7 Å². The van der Waals surface area contributed by atoms with Crippen LogP contribution in [0, 0.1) is 0 Å². The van der Waals surface area contributed by atoms with Gasteiger partial charge in [-0.25, -0.2) is 9.59 Å². The summed E-state index contributed by atoms with van der Waals surface area (Å²) in [5, 5.41) is 23.6. The summed E-state index contributed by atoms with van der Waals surface area (Å²) >= 11 is 0. The molecule has 0 aromatic heterocycles. The Morgan fingerprint density at radius 2 is 1.55 bits per heavy atom. The van der Waals surface area contributed by atoms with Crippen LogP contribution >= 0.6 is 0 Å². The summed E-state index contributed by atoms with van der Waals surface area (Å²) in [6.07, 6.45) is 0. The maximum atomic E-state index is 13.0. The fourth-order valence-electron chi connectivity index (χ4n) is 4.85. The standard InChI is InChI=1S/C33H29N3O6/c1-4-34-22-10-13-25-28(16-22)42-29-17-23(36(2)3)11-14-26(29)30(25)24-12-9-21(15-27(24)33(40)41)31(37)35-18-19-5-7-20(8-6-19)32(38)39/h5-17H,4,18H2,1-3H3,(H,35,37)(H,38,39)(H,40,41). The third kappa shape index (κ3) is 5.57. The van der Waals surface area contributed by atoms with Gasteiger partial charge in [-0.1, -0.05) is 18.2 Å². The number of carbonyl (C=O) groups excluding carboxylic acids is 1. The average Bonchev–Trinajstić information content (AvgIpc) is 2.98. The van der Waals surface area contributed by atoms with Crippen LogP contribution in [0.3, 0.4) is 0 Å². The summed E-state index contributed by atoms with van der Waals surface area (Å²) in [6, 6.07) is 22.1. The largest absolute Gasteiger partial charge is 0.478 e. The molecule has 0 spiro atoms. The maximum absolute atomic E-state index is 13.0. The van der Waals surface area contributed by atoms with Gasteiger partial charge in [0.2, 0.25) is 0 Å². The molecule has 0 saturated heterocycles. The Labute approximate surface area is 241 Å². The number of anilines is 1. The highest BCUT2D eigenvalue weighted by molar-refractivity contribution is 6.09. The van der Waals surface area contributed by atoms with Gasteiger partial charge in [-0.2, -0.15) is 0 Å². The molecular weight excluding hydrogens is 534 g/mol. The first-order valence-electron chi connectivity index (χ1n) is 13.3. The number of carboxylic acid groups (broad SMARTS) is 2. The molecule has 3 aromatic rings. The van der Waals surface area contributed by atoms with Crippen molar-refractivity contribution in [2.24, 2.45) is 4.99 Å². The highest BCUT2D eigenvalue weighted by Crippen LogP contribution is 2.42. The molecule has 0 saturated carbocycles. The van der Waals surface area contributed by atoms with Crippen molar-refractivity contribution in [2.75, 3.05) is 25.5 Å². The van der Waals surface area contributed by atoms with Crippen LogP contribution in [0.25, 0.3) is 33.4 Å². The van der Waals surface area contributed by atoms with Gasteiger partial charge in [-0.15, -0.1) is 0 Å². The number of aromatic carboxylic acids is 2. The number of amides is 1. The second-order valence-electron chi connectivity index (χ2n) is 9.96. The topological polar surface area (TPSA) is 132 Å². The molecule has 212 valence electrons. The fraction of sp³-hybridized carbons (Fsp3) is 0.152. The molecule has 42 heavy (non-hydrogen) atoms. The lowest BCUT2D eigenvalue weighted by Crippen LogP contribution is -2.23. The molecule has 0 radical (unpaired) electrons. The molecule has 1 aliphatic heterocycles. The number of rotatable bonds is 8. The third-order valence-electron chi connectivity index (χ3n) is 6.98. The van der Waals surface area contributed by atoms with Crippen LogP contribution in [0.2, 0.25) is 0 Å². The first kappa shape index (κ1) is 28.1. The predicted octanol–water partition coefficient (Wildman–Crippen LogP) is 5.52. The molecule has 0 bridgehead atoms. The number of carbonyl (C=O) groups is 3. The fourth-order valence-corrected chi connectivity index (χ4v) is 4.85. The Morgan fingerprint density at radius 3 is 2.21 bits per heavy atom. The Bertz CT molecular complexity index is 1870. The molecule has 5 rings (SSSR count). The summed E-state index contributed by atoms with van der Waals surface area (Å²) in [5.74, 6) is -2.09. The average molecular weight is 564 g/mol. The van der Waals surface area contributed by atoms with Crippen molar-refractivity contribution >= 4 is 34.5 Å². The van der Waals surface area contributed by atoms with E-state index in [1.807, 2.05) is 62.3 Å². The van der Waals surface area contributed by atoms with E-state index in [0.717, 1.165) is 22.0 Å². The van der Waals surface area contributed by atoms with Crippen molar-refractivity contribution < 1.29 is 29.0 Å². The summed E-state index contributed by atoms with van der Waals surface area (Å²) in [5.41, 5.74) is 4.38. The van der Waals surface area contributed by atoms with Gasteiger partial charge in [0, 0.05) is 67.1 Å². The quantitative estimate of drug-likeness (QED) is 0.212. The number of nitrogens with one attached hydrogen (secondary N) is 1. The first-order valence-corrected chi connectivity index (χ1v) is 13.3. The lowest BCUT2D eigenvalue weighted by molar-refractivity contribution is 0.0686. The number of nitrogens with zero attached hydrogens (tertiary/aromatic N) is 2. The SMILES string of the molecule is CCN=c1ccc2c(-c3ccc(C(=O)NCc4ccc(C(=O)O)cc4)cc3C(=O)O)c3ccc(N(C)C)cc3oc-2c1. The van der Waals surface area contributed by atoms with E-state index < -0.39 is 17.8 Å². The predicted molar refractivity (Wildman–Crippen MR) is 160 cm³/mol. The number of hydrogen-bond acceptors (Lipinski definition) is 6. The highest BCUT2D eigenvalue weighted by atomic mass is 16.4. The molecule has 1 aliphatic carbocycles. The normalized spacial score (nSPS) is 11.5. The Balaban J connectivity index is 1.59. The van der Waals surface area contributed by atoms with Crippen molar-refractivity contribution in [1.29, 1.82) is 0 Å². The summed E-state index contributed by atoms with van der Waals surface area (Å²) in [4.78, 5) is 43.1. The van der Waals surface area contributed by atoms with Crippen LogP contribution in [0.1, 0.15) is 43.6 Å². The smallest absolute Gasteiger partial charge is 0.336 e. The van der Waals surface area contributed by atoms with E-state index in [-0.39, 0.29) is 23.2 Å². The van der Waals surface area contributed by atoms with E-state index in [1.165, 1.54) is 18.2 Å². The lowest BCUT2D eigenvalue weighted by atomic mass is 9.89. The van der Waals surface area contributed by atoms with Gasteiger partial charge in [-0.05, 0) is 66.6 Å². The summed E-state index contributed by atoms with van der Waals surface area (Å²) in [6.45, 7) is 2.71. The maximum Gasteiger partial charge on any atom is 0.336 e. The minimum atomic E-state index is -1.17. The monoisotopic (exact) mass is 563 g/mol. The van der Waals surface area contributed by atoms with Gasteiger partial charge < -0.3 is 24.8 Å². The minimum absolute atomic E-state index is 0.0266. The molecule has 0 fully saturated rings. The van der Waals surface area contributed by atoms with Crippen LogP contribution in [-0.2, 0) is 6.54 Å². The van der Waals surface area contributed by atoms with Crippen LogP contribution in [0.5, 0.6) is 0 Å². The molecule has 3 N–H and O–H groups in total. The van der Waals surface area contributed by atoms with Crippen molar-refractivity contribution in [3.8, 4) is 22.5 Å². The minimum Gasteiger partial charge on any atom is -0.478 e. The zero-order valence-corrected chi connectivity index (χ0v) is 23.3. The summed E-state index contributed by atoms with van der Waals surface area (Å²) in [7, 11) is 3.86. The van der Waals surface area contributed by atoms with Crippen molar-refractivity contribution in [2.45, 2.75) is 13.5 Å². The molecule has 3 aromatic carbocycles. The molecular formula is C33H29N3O6. The van der Waals surface area contributed by atoms with E-state index in [4.69, 9.17) is 9.52 Å². The number of hydrogen-bond donors (Lipinski definition) is 3. The van der Waals surface area contributed by atoms with Gasteiger partial charge in [-0.3, -0.25) is 9.79 Å². The molecule has 9 heteroatoms. The van der Waals surface area contributed by atoms with E-state index >= 15 is 0 Å². The summed E-state index contributed by atoms with van der Waals surface area (Å²) < 4.78 is 6.31. The van der Waals surface area contributed by atoms with Gasteiger partial charge in [0.05, 0.1) is 16.5 Å². The number of fused-ring (bicyclic) bond motifs is 2. The molecule has 2 aliphatic rings. The molecule has 9 nitrogen and oxygen atoms in total. The van der Waals surface area contributed by atoms with Gasteiger partial charge in [0.1, 0.15) is 11.3 Å². The highest BCUT2D eigenvalue weighted by Gasteiger charge is 2.23. The van der Waals surface area contributed by atoms with Crippen molar-refractivity contribution in [3.05, 3.63) is 106 Å².